The molecule has 0 saturated heterocycles. The van der Waals surface area contributed by atoms with Crippen LogP contribution in [0.15, 0.2) is 60.7 Å². The van der Waals surface area contributed by atoms with Gasteiger partial charge in [0.15, 0.2) is 0 Å². The quantitative estimate of drug-likeness (QED) is 0.589. The summed E-state index contributed by atoms with van der Waals surface area (Å²) >= 11 is 0. The number of hydrogen-bond donors (Lipinski definition) is 0. The van der Waals surface area contributed by atoms with Gasteiger partial charge in [0.25, 0.3) is 0 Å². The van der Waals surface area contributed by atoms with Gasteiger partial charge in [-0.3, -0.25) is 0 Å². The second-order valence-electron chi connectivity index (χ2n) is 3.68. The molecular formula is C15H10N. The van der Waals surface area contributed by atoms with Gasteiger partial charge in [-0.05, 0) is 24.3 Å². The van der Waals surface area contributed by atoms with Crippen molar-refractivity contribution in [3.63, 3.8) is 0 Å². The van der Waals surface area contributed by atoms with Gasteiger partial charge < -0.3 is 0 Å². The summed E-state index contributed by atoms with van der Waals surface area (Å²) in [5.41, 5.74) is 3.18. The van der Waals surface area contributed by atoms with Crippen LogP contribution in [-0.4, -0.2) is 4.98 Å². The van der Waals surface area contributed by atoms with Gasteiger partial charge in [0.2, 0.25) is 0 Å². The maximum atomic E-state index is 4.63. The number of rotatable bonds is 1. The molecule has 0 unspecified atom stereocenters. The molecule has 0 bridgehead atoms. The molecule has 0 aliphatic carbocycles. The lowest BCUT2D eigenvalue weighted by Crippen LogP contribution is -1.84. The fraction of sp³-hybridized carbons (Fsp3) is 0. The second kappa shape index (κ2) is 3.78. The van der Waals surface area contributed by atoms with Gasteiger partial charge in [0, 0.05) is 10.9 Å². The molecule has 1 aromatic heterocycles. The van der Waals surface area contributed by atoms with Crippen molar-refractivity contribution in [1.29, 1.82) is 0 Å². The van der Waals surface area contributed by atoms with Gasteiger partial charge in [-0.25, -0.2) is 4.98 Å². The normalized spacial score (nSPS) is 10.5. The lowest BCUT2D eigenvalue weighted by molar-refractivity contribution is 1.40. The summed E-state index contributed by atoms with van der Waals surface area (Å²) in [4.78, 5) is 4.63. The van der Waals surface area contributed by atoms with Crippen LogP contribution in [0.5, 0.6) is 0 Å². The fourth-order valence-corrected chi connectivity index (χ4v) is 1.78. The summed E-state index contributed by atoms with van der Waals surface area (Å²) in [6, 6.07) is 23.2. The number of hydrogen-bond acceptors (Lipinski definition) is 1. The van der Waals surface area contributed by atoms with Crippen molar-refractivity contribution in [2.24, 2.45) is 0 Å². The standard InChI is InChI=1S/C15H10N/c1-2-6-12(7-3-1)15-11-10-13-8-4-5-9-14(13)16-15/h1-3,5-11H. The zero-order chi connectivity index (χ0) is 10.8. The zero-order valence-electron chi connectivity index (χ0n) is 8.72. The third-order valence-corrected chi connectivity index (χ3v) is 2.60. The Kier molecular flexibility index (Phi) is 2.15. The first-order chi connectivity index (χ1) is 7.93. The molecule has 0 saturated carbocycles. The maximum Gasteiger partial charge on any atom is 0.0709 e. The minimum absolute atomic E-state index is 1.01. The van der Waals surface area contributed by atoms with Crippen LogP contribution < -0.4 is 0 Å². The Balaban J connectivity index is 2.19. The largest absolute Gasteiger partial charge is 0.248 e. The van der Waals surface area contributed by atoms with Crippen LogP contribution in [0.3, 0.4) is 0 Å². The molecule has 3 rings (SSSR count). The van der Waals surface area contributed by atoms with E-state index in [2.05, 4.69) is 29.2 Å². The number of pyridine rings is 1. The Morgan fingerprint density at radius 3 is 2.62 bits per heavy atom. The zero-order valence-corrected chi connectivity index (χ0v) is 8.72. The van der Waals surface area contributed by atoms with E-state index in [-0.39, 0.29) is 0 Å². The van der Waals surface area contributed by atoms with Gasteiger partial charge in [-0.1, -0.05) is 42.5 Å². The van der Waals surface area contributed by atoms with Gasteiger partial charge in [-0.15, -0.1) is 0 Å². The van der Waals surface area contributed by atoms with Crippen LogP contribution in [0.1, 0.15) is 0 Å². The van der Waals surface area contributed by atoms with E-state index in [1.807, 2.05) is 42.5 Å². The minimum atomic E-state index is 1.01. The Morgan fingerprint density at radius 1 is 0.875 bits per heavy atom. The SMILES string of the molecule is [c]1ccc2nc(-c3ccccc3)ccc2c1. The van der Waals surface area contributed by atoms with Crippen LogP contribution in [0, 0.1) is 6.07 Å². The summed E-state index contributed by atoms with van der Waals surface area (Å²) in [7, 11) is 0. The minimum Gasteiger partial charge on any atom is -0.248 e. The molecule has 0 spiro atoms. The Hall–Kier alpha value is -2.15. The lowest BCUT2D eigenvalue weighted by Gasteiger charge is -2.02. The van der Waals surface area contributed by atoms with Crippen LogP contribution >= 0.6 is 0 Å². The van der Waals surface area contributed by atoms with E-state index in [1.54, 1.807) is 0 Å². The molecule has 0 aliphatic rings. The first-order valence-electron chi connectivity index (χ1n) is 5.26. The highest BCUT2D eigenvalue weighted by molar-refractivity contribution is 5.81. The van der Waals surface area contributed by atoms with Crippen LogP contribution in [0.4, 0.5) is 0 Å². The van der Waals surface area contributed by atoms with E-state index in [9.17, 15) is 0 Å². The molecule has 0 N–H and O–H groups in total. The van der Waals surface area contributed by atoms with Crippen molar-refractivity contribution < 1.29 is 0 Å². The average molecular weight is 204 g/mol. The molecule has 0 fully saturated rings. The van der Waals surface area contributed by atoms with E-state index in [0.29, 0.717) is 0 Å². The van der Waals surface area contributed by atoms with E-state index >= 15 is 0 Å². The number of fused-ring (bicyclic) bond motifs is 1. The highest BCUT2D eigenvalue weighted by Gasteiger charge is 1.99. The molecule has 2 aromatic carbocycles. The van der Waals surface area contributed by atoms with Gasteiger partial charge in [-0.2, -0.15) is 0 Å². The molecule has 1 heteroatoms. The first kappa shape index (κ1) is 9.10. The third-order valence-electron chi connectivity index (χ3n) is 2.60. The Morgan fingerprint density at radius 2 is 1.75 bits per heavy atom. The van der Waals surface area contributed by atoms with Crippen molar-refractivity contribution in [3.8, 4) is 11.3 Å². The fourth-order valence-electron chi connectivity index (χ4n) is 1.78. The Labute approximate surface area is 94.4 Å². The molecule has 1 heterocycles. The van der Waals surface area contributed by atoms with Crippen molar-refractivity contribution in [2.45, 2.75) is 0 Å². The predicted molar refractivity (Wildman–Crippen MR) is 66.0 cm³/mol. The summed E-state index contributed by atoms with van der Waals surface area (Å²) in [6.07, 6.45) is 0. The molecule has 0 atom stereocenters. The van der Waals surface area contributed by atoms with E-state index in [1.165, 1.54) is 0 Å². The summed E-state index contributed by atoms with van der Waals surface area (Å²) in [5, 5.41) is 1.13. The van der Waals surface area contributed by atoms with Crippen molar-refractivity contribution in [3.05, 3.63) is 66.7 Å². The number of benzene rings is 2. The van der Waals surface area contributed by atoms with Crippen molar-refractivity contribution in [2.75, 3.05) is 0 Å². The third kappa shape index (κ3) is 1.57. The van der Waals surface area contributed by atoms with E-state index in [4.69, 9.17) is 0 Å². The average Bonchev–Trinajstić information content (AvgIpc) is 2.39. The van der Waals surface area contributed by atoms with Gasteiger partial charge in [0.1, 0.15) is 0 Å². The smallest absolute Gasteiger partial charge is 0.0709 e. The number of aromatic nitrogens is 1. The molecule has 0 amide bonds. The molecule has 1 nitrogen and oxygen atoms in total. The van der Waals surface area contributed by atoms with E-state index in [0.717, 1.165) is 22.2 Å². The first-order valence-corrected chi connectivity index (χ1v) is 5.26. The molecule has 16 heavy (non-hydrogen) atoms. The number of nitrogens with zero attached hydrogens (tertiary/aromatic N) is 1. The Bertz CT molecular complexity index is 614. The van der Waals surface area contributed by atoms with E-state index < -0.39 is 0 Å². The van der Waals surface area contributed by atoms with Crippen LogP contribution in [-0.2, 0) is 0 Å². The van der Waals surface area contributed by atoms with Gasteiger partial charge in [0.05, 0.1) is 11.2 Å². The summed E-state index contributed by atoms with van der Waals surface area (Å²) < 4.78 is 0. The van der Waals surface area contributed by atoms with Crippen molar-refractivity contribution >= 4 is 10.9 Å². The van der Waals surface area contributed by atoms with Crippen LogP contribution in [0.2, 0.25) is 0 Å². The van der Waals surface area contributed by atoms with Crippen molar-refractivity contribution in [1.82, 2.24) is 4.98 Å². The summed E-state index contributed by atoms with van der Waals surface area (Å²) in [5.74, 6) is 0. The van der Waals surface area contributed by atoms with Crippen LogP contribution in [0.25, 0.3) is 22.2 Å². The molecule has 1 radical (unpaired) electrons. The molecule has 3 aromatic rings. The molecule has 0 aliphatic heterocycles. The molecular weight excluding hydrogens is 194 g/mol. The predicted octanol–water partition coefficient (Wildman–Crippen LogP) is 3.70. The second-order valence-corrected chi connectivity index (χ2v) is 3.68. The topological polar surface area (TPSA) is 12.9 Å². The molecule has 75 valence electrons. The van der Waals surface area contributed by atoms with Gasteiger partial charge >= 0.3 is 0 Å². The highest BCUT2D eigenvalue weighted by Crippen LogP contribution is 2.20. The highest BCUT2D eigenvalue weighted by atomic mass is 14.7. The maximum absolute atomic E-state index is 4.63. The lowest BCUT2D eigenvalue weighted by atomic mass is 10.1. The summed E-state index contributed by atoms with van der Waals surface area (Å²) in [6.45, 7) is 0. The monoisotopic (exact) mass is 204 g/mol.